The average molecular weight is 661 g/mol. The SMILES string of the molecule is COc1ccc(-c2c(C)nn3c(N(Cc4cccc(-c5nccn5C)c4)C(=O)OC(C)(C)C)cc(C=O)nc23)cc1S(=O)(=O)CCO. The lowest BCUT2D eigenvalue weighted by Gasteiger charge is -2.28. The van der Waals surface area contributed by atoms with Crippen LogP contribution in [0.4, 0.5) is 10.6 Å². The second-order valence-corrected chi connectivity index (χ2v) is 14.0. The largest absolute Gasteiger partial charge is 0.495 e. The lowest BCUT2D eigenvalue weighted by Crippen LogP contribution is -2.37. The van der Waals surface area contributed by atoms with E-state index in [1.807, 2.05) is 42.1 Å². The van der Waals surface area contributed by atoms with Crippen molar-refractivity contribution in [2.75, 3.05) is 24.4 Å². The number of benzene rings is 2. The molecule has 14 heteroatoms. The number of aliphatic hydroxyl groups excluding tert-OH is 1. The van der Waals surface area contributed by atoms with E-state index in [2.05, 4.69) is 9.97 Å². The first kappa shape index (κ1) is 33.3. The molecular weight excluding hydrogens is 624 g/mol. The minimum atomic E-state index is -3.91. The van der Waals surface area contributed by atoms with Crippen LogP contribution in [-0.2, 0) is 28.2 Å². The Morgan fingerprint density at radius 3 is 2.51 bits per heavy atom. The molecule has 0 fully saturated rings. The number of aromatic nitrogens is 5. The molecule has 0 radical (unpaired) electrons. The quantitative estimate of drug-likeness (QED) is 0.209. The maximum atomic E-state index is 13.9. The standard InChI is InChI=1S/C33H36N6O7S/c1-21-29(23-10-11-26(45-6)27(17-23)47(43,44)15-14-40)31-35-25(20-41)18-28(39(31)36-21)38(32(42)46-33(2,3)4)19-22-8-7-9-24(16-22)30-34-12-13-37(30)5/h7-13,16-18,20,40H,14-15,19H2,1-6H3. The minimum Gasteiger partial charge on any atom is -0.495 e. The van der Waals surface area contributed by atoms with Crippen molar-refractivity contribution in [3.8, 4) is 28.3 Å². The summed E-state index contributed by atoms with van der Waals surface area (Å²) in [6.07, 6.45) is 3.43. The monoisotopic (exact) mass is 660 g/mol. The fraction of sp³-hybridized carbons (Fsp3) is 0.303. The second-order valence-electron chi connectivity index (χ2n) is 11.9. The molecule has 0 saturated heterocycles. The second kappa shape index (κ2) is 13.0. The van der Waals surface area contributed by atoms with Crippen molar-refractivity contribution in [2.45, 2.75) is 44.7 Å². The van der Waals surface area contributed by atoms with Crippen LogP contribution in [0, 0.1) is 6.92 Å². The molecule has 3 heterocycles. The van der Waals surface area contributed by atoms with E-state index in [0.29, 0.717) is 23.1 Å². The fourth-order valence-corrected chi connectivity index (χ4v) is 6.44. The van der Waals surface area contributed by atoms with Crippen molar-refractivity contribution in [3.63, 3.8) is 0 Å². The van der Waals surface area contributed by atoms with Crippen LogP contribution in [0.5, 0.6) is 5.75 Å². The number of anilines is 1. The highest BCUT2D eigenvalue weighted by atomic mass is 32.2. The van der Waals surface area contributed by atoms with Crippen molar-refractivity contribution in [3.05, 3.63) is 77.9 Å². The van der Waals surface area contributed by atoms with Gasteiger partial charge < -0.3 is 19.1 Å². The molecule has 1 N–H and O–H groups in total. The Balaban J connectivity index is 1.70. The number of sulfone groups is 1. The zero-order valence-electron chi connectivity index (χ0n) is 27.0. The van der Waals surface area contributed by atoms with Crippen molar-refractivity contribution in [1.82, 2.24) is 24.1 Å². The van der Waals surface area contributed by atoms with Gasteiger partial charge in [0.25, 0.3) is 0 Å². The summed E-state index contributed by atoms with van der Waals surface area (Å²) in [5.41, 5.74) is 2.33. The maximum absolute atomic E-state index is 13.9. The van der Waals surface area contributed by atoms with Crippen LogP contribution in [0.25, 0.3) is 28.2 Å². The fourth-order valence-electron chi connectivity index (χ4n) is 5.21. The molecule has 0 unspecified atom stereocenters. The Kier molecular flexibility index (Phi) is 9.18. The Hall–Kier alpha value is -5.08. The molecule has 0 aliphatic carbocycles. The topological polar surface area (TPSA) is 158 Å². The van der Waals surface area contributed by atoms with Gasteiger partial charge in [-0.05, 0) is 57.0 Å². The van der Waals surface area contributed by atoms with Crippen molar-refractivity contribution in [2.24, 2.45) is 7.05 Å². The lowest BCUT2D eigenvalue weighted by molar-refractivity contribution is 0.0575. The van der Waals surface area contributed by atoms with E-state index >= 15 is 0 Å². The molecule has 0 atom stereocenters. The molecule has 13 nitrogen and oxygen atoms in total. The number of ether oxygens (including phenoxy) is 2. The van der Waals surface area contributed by atoms with Gasteiger partial charge in [-0.25, -0.2) is 23.2 Å². The lowest BCUT2D eigenvalue weighted by atomic mass is 10.1. The van der Waals surface area contributed by atoms with Gasteiger partial charge in [0.05, 0.1) is 31.7 Å². The number of fused-ring (bicyclic) bond motifs is 1. The van der Waals surface area contributed by atoms with Crippen LogP contribution in [0.1, 0.15) is 42.5 Å². The number of rotatable bonds is 10. The Morgan fingerprint density at radius 1 is 1.11 bits per heavy atom. The third kappa shape index (κ3) is 6.88. The summed E-state index contributed by atoms with van der Waals surface area (Å²) >= 11 is 0. The number of aryl methyl sites for hydroxylation is 2. The van der Waals surface area contributed by atoms with Crippen molar-refractivity contribution >= 4 is 33.7 Å². The molecule has 0 aliphatic heterocycles. The number of methoxy groups -OCH3 is 1. The number of hydrogen-bond acceptors (Lipinski definition) is 10. The van der Waals surface area contributed by atoms with Crippen LogP contribution in [-0.4, -0.2) is 75.1 Å². The van der Waals surface area contributed by atoms with Crippen molar-refractivity contribution in [1.29, 1.82) is 0 Å². The van der Waals surface area contributed by atoms with Crippen molar-refractivity contribution < 1.29 is 32.6 Å². The molecular formula is C33H36N6O7S. The third-order valence-corrected chi connectivity index (χ3v) is 8.98. The number of hydrogen-bond donors (Lipinski definition) is 1. The third-order valence-electron chi connectivity index (χ3n) is 7.27. The van der Waals surface area contributed by atoms with E-state index in [1.165, 1.54) is 34.7 Å². The maximum Gasteiger partial charge on any atom is 0.416 e. The number of nitrogens with zero attached hydrogens (tertiary/aromatic N) is 6. The van der Waals surface area contributed by atoms with Crippen LogP contribution >= 0.6 is 0 Å². The van der Waals surface area contributed by atoms with E-state index in [0.717, 1.165) is 17.0 Å². The zero-order chi connectivity index (χ0) is 34.1. The van der Waals surface area contributed by atoms with Gasteiger partial charge in [-0.1, -0.05) is 24.3 Å². The molecule has 5 rings (SSSR count). The molecule has 47 heavy (non-hydrogen) atoms. The molecule has 0 bridgehead atoms. The number of amides is 1. The van der Waals surface area contributed by atoms with Crippen LogP contribution in [0.15, 0.2) is 65.8 Å². The highest BCUT2D eigenvalue weighted by molar-refractivity contribution is 7.91. The number of carbonyl (C=O) groups excluding carboxylic acids is 2. The number of aldehydes is 1. The van der Waals surface area contributed by atoms with Gasteiger partial charge in [0.15, 0.2) is 21.8 Å². The van der Waals surface area contributed by atoms with Crippen LogP contribution in [0.2, 0.25) is 0 Å². The predicted octanol–water partition coefficient (Wildman–Crippen LogP) is 4.63. The normalized spacial score (nSPS) is 11.9. The summed E-state index contributed by atoms with van der Waals surface area (Å²) < 4.78 is 40.5. The highest BCUT2D eigenvalue weighted by Gasteiger charge is 2.29. The number of aliphatic hydroxyl groups is 1. The van der Waals surface area contributed by atoms with E-state index < -0.39 is 33.9 Å². The molecule has 246 valence electrons. The van der Waals surface area contributed by atoms with E-state index in [-0.39, 0.29) is 34.3 Å². The molecule has 3 aromatic heterocycles. The molecule has 1 amide bonds. The first-order valence-electron chi connectivity index (χ1n) is 14.7. The molecule has 5 aromatic rings. The molecule has 0 saturated carbocycles. The summed E-state index contributed by atoms with van der Waals surface area (Å²) in [5.74, 6) is 0.578. The van der Waals surface area contributed by atoms with Crippen LogP contribution in [0.3, 0.4) is 0 Å². The summed E-state index contributed by atoms with van der Waals surface area (Å²) in [6, 6.07) is 13.6. The summed E-state index contributed by atoms with van der Waals surface area (Å²) in [7, 11) is -0.660. The van der Waals surface area contributed by atoms with Gasteiger partial charge in [0.1, 0.15) is 33.6 Å². The Morgan fingerprint density at radius 2 is 1.87 bits per heavy atom. The van der Waals surface area contributed by atoms with Gasteiger partial charge in [0.2, 0.25) is 0 Å². The number of imidazole rings is 1. The first-order chi connectivity index (χ1) is 22.3. The number of carbonyl (C=O) groups is 2. The minimum absolute atomic E-state index is 0.0191. The molecule has 2 aromatic carbocycles. The zero-order valence-corrected chi connectivity index (χ0v) is 27.8. The first-order valence-corrected chi connectivity index (χ1v) is 16.4. The van der Waals surface area contributed by atoms with Gasteiger partial charge in [0, 0.05) is 36.6 Å². The van der Waals surface area contributed by atoms with Gasteiger partial charge in [-0.3, -0.25) is 9.69 Å². The van der Waals surface area contributed by atoms with E-state index in [1.54, 1.807) is 40.0 Å². The summed E-state index contributed by atoms with van der Waals surface area (Å²) in [4.78, 5) is 36.3. The van der Waals surface area contributed by atoms with Gasteiger partial charge >= 0.3 is 6.09 Å². The average Bonchev–Trinajstić information content (AvgIpc) is 3.60. The Labute approximate surface area is 272 Å². The molecule has 0 aliphatic rings. The Bertz CT molecular complexity index is 2080. The van der Waals surface area contributed by atoms with E-state index in [4.69, 9.17) is 14.6 Å². The molecule has 0 spiro atoms. The highest BCUT2D eigenvalue weighted by Crippen LogP contribution is 2.36. The van der Waals surface area contributed by atoms with E-state index in [9.17, 15) is 23.1 Å². The van der Waals surface area contributed by atoms with Crippen LogP contribution < -0.4 is 9.64 Å². The predicted molar refractivity (Wildman–Crippen MR) is 175 cm³/mol. The smallest absolute Gasteiger partial charge is 0.416 e. The summed E-state index contributed by atoms with van der Waals surface area (Å²) in [6.45, 7) is 6.47. The van der Waals surface area contributed by atoms with Gasteiger partial charge in [-0.2, -0.15) is 9.61 Å². The summed E-state index contributed by atoms with van der Waals surface area (Å²) in [5, 5.41) is 14.1. The van der Waals surface area contributed by atoms with Gasteiger partial charge in [-0.15, -0.1) is 0 Å².